The summed E-state index contributed by atoms with van der Waals surface area (Å²) in [5.41, 5.74) is 2.59. The summed E-state index contributed by atoms with van der Waals surface area (Å²) in [5.74, 6) is 2.11. The van der Waals surface area contributed by atoms with E-state index in [0.717, 1.165) is 55.5 Å². The monoisotopic (exact) mass is 469 g/mol. The summed E-state index contributed by atoms with van der Waals surface area (Å²) in [7, 11) is 0. The lowest BCUT2D eigenvalue weighted by Gasteiger charge is -2.41. The van der Waals surface area contributed by atoms with Crippen molar-refractivity contribution in [2.75, 3.05) is 24.6 Å². The second-order valence-electron chi connectivity index (χ2n) is 8.48. The molecule has 6 heteroatoms. The van der Waals surface area contributed by atoms with Crippen molar-refractivity contribution in [2.45, 2.75) is 37.9 Å². The highest BCUT2D eigenvalue weighted by molar-refractivity contribution is 6.30. The van der Waals surface area contributed by atoms with Crippen LogP contribution >= 0.6 is 24.0 Å². The molecule has 1 atom stereocenters. The van der Waals surface area contributed by atoms with Crippen LogP contribution in [0.1, 0.15) is 24.0 Å². The Kier molecular flexibility index (Phi) is 7.56. The van der Waals surface area contributed by atoms with E-state index in [0.29, 0.717) is 18.7 Å². The molecule has 3 heterocycles. The minimum Gasteiger partial charge on any atom is -0.492 e. The van der Waals surface area contributed by atoms with Crippen molar-refractivity contribution in [3.05, 3.63) is 89.1 Å². The van der Waals surface area contributed by atoms with Gasteiger partial charge in [0.25, 0.3) is 0 Å². The molecule has 0 bridgehead atoms. The molecule has 4 nitrogen and oxygen atoms in total. The molecule has 0 spiro atoms. The number of anilines is 1. The predicted molar refractivity (Wildman–Crippen MR) is 133 cm³/mol. The third-order valence-electron chi connectivity index (χ3n) is 6.52. The lowest BCUT2D eigenvalue weighted by molar-refractivity contribution is 0.0834. The maximum Gasteiger partial charge on any atom is 0.128 e. The van der Waals surface area contributed by atoms with Crippen molar-refractivity contribution in [2.24, 2.45) is 0 Å². The second-order valence-corrected chi connectivity index (χ2v) is 8.92. The van der Waals surface area contributed by atoms with E-state index in [9.17, 15) is 0 Å². The number of pyridine rings is 1. The number of hydrogen-bond donors (Lipinski definition) is 0. The molecule has 1 aromatic heterocycles. The average molecular weight is 470 g/mol. The van der Waals surface area contributed by atoms with E-state index >= 15 is 0 Å². The highest BCUT2D eigenvalue weighted by atomic mass is 35.5. The van der Waals surface area contributed by atoms with E-state index < -0.39 is 0 Å². The summed E-state index contributed by atoms with van der Waals surface area (Å²) in [6.45, 7) is 3.71. The van der Waals surface area contributed by atoms with Gasteiger partial charge >= 0.3 is 0 Å². The highest BCUT2D eigenvalue weighted by Crippen LogP contribution is 2.31. The molecule has 0 radical (unpaired) electrons. The van der Waals surface area contributed by atoms with Crippen molar-refractivity contribution in [1.29, 1.82) is 0 Å². The fourth-order valence-electron chi connectivity index (χ4n) is 4.85. The van der Waals surface area contributed by atoms with Crippen LogP contribution in [0, 0.1) is 0 Å². The number of nitrogens with zero attached hydrogens (tertiary/aromatic N) is 3. The van der Waals surface area contributed by atoms with Crippen LogP contribution in [0.25, 0.3) is 0 Å². The second kappa shape index (κ2) is 10.6. The van der Waals surface area contributed by atoms with Gasteiger partial charge in [0, 0.05) is 48.5 Å². The molecule has 0 N–H and O–H groups in total. The zero-order valence-corrected chi connectivity index (χ0v) is 19.6. The van der Waals surface area contributed by atoms with Gasteiger partial charge in [0.2, 0.25) is 0 Å². The molecule has 2 aliphatic heterocycles. The van der Waals surface area contributed by atoms with Gasteiger partial charge in [0.15, 0.2) is 0 Å². The van der Waals surface area contributed by atoms with Gasteiger partial charge in [-0.1, -0.05) is 48.0 Å². The number of rotatable bonds is 4. The Balaban J connectivity index is 0.00000245. The number of piperidine rings is 1. The lowest BCUT2D eigenvalue weighted by atomic mass is 9.97. The number of fused-ring (bicyclic) bond motifs is 1. The van der Waals surface area contributed by atoms with E-state index in [-0.39, 0.29) is 12.4 Å². The molecule has 2 aromatic carbocycles. The molecule has 1 fully saturated rings. The number of para-hydroxylation sites is 1. The smallest absolute Gasteiger partial charge is 0.128 e. The number of hydrogen-bond acceptors (Lipinski definition) is 4. The Bertz CT molecular complexity index is 991. The molecule has 0 amide bonds. The fourth-order valence-corrected chi connectivity index (χ4v) is 4.97. The van der Waals surface area contributed by atoms with Crippen molar-refractivity contribution in [3.63, 3.8) is 0 Å². The third kappa shape index (κ3) is 5.20. The van der Waals surface area contributed by atoms with Gasteiger partial charge in [-0.05, 0) is 55.2 Å². The first-order valence-electron chi connectivity index (χ1n) is 11.1. The number of benzene rings is 2. The lowest BCUT2D eigenvalue weighted by Crippen LogP contribution is -2.50. The van der Waals surface area contributed by atoms with Crippen LogP contribution in [-0.4, -0.2) is 41.7 Å². The molecule has 2 aliphatic rings. The Labute approximate surface area is 201 Å². The summed E-state index contributed by atoms with van der Waals surface area (Å²) in [6, 6.07) is 23.8. The van der Waals surface area contributed by atoms with Crippen LogP contribution in [0.3, 0.4) is 0 Å². The predicted octanol–water partition coefficient (Wildman–Crippen LogP) is 5.63. The van der Waals surface area contributed by atoms with E-state index in [4.69, 9.17) is 16.3 Å². The van der Waals surface area contributed by atoms with Crippen LogP contribution in [0.4, 0.5) is 5.82 Å². The summed E-state index contributed by atoms with van der Waals surface area (Å²) in [4.78, 5) is 9.64. The molecule has 168 valence electrons. The van der Waals surface area contributed by atoms with E-state index in [2.05, 4.69) is 63.3 Å². The first-order valence-corrected chi connectivity index (χ1v) is 11.5. The molecular formula is C26H29Cl2N3O. The average Bonchev–Trinajstić information content (AvgIpc) is 3.01. The normalized spacial score (nSPS) is 19.4. The zero-order chi connectivity index (χ0) is 21.0. The van der Waals surface area contributed by atoms with Gasteiger partial charge in [-0.25, -0.2) is 4.98 Å². The Morgan fingerprint density at radius 2 is 1.69 bits per heavy atom. The van der Waals surface area contributed by atoms with Crippen molar-refractivity contribution in [3.8, 4) is 5.75 Å². The molecule has 0 aliphatic carbocycles. The first kappa shape index (κ1) is 22.9. The molecule has 3 aromatic rings. The standard InChI is InChI=1S/C26H28ClN3O.ClH/c27-22-10-8-20(9-11-22)17-24-19-31-25-6-2-1-5-21(25)18-30(24)23-12-15-29(16-13-23)26-7-3-4-14-28-26;/h1-11,14,23-24H,12-13,15-19H2;1H. The minimum atomic E-state index is 0. The van der Waals surface area contributed by atoms with E-state index in [1.807, 2.05) is 24.4 Å². The number of ether oxygens (including phenoxy) is 1. The van der Waals surface area contributed by atoms with Gasteiger partial charge in [-0.15, -0.1) is 12.4 Å². The molecule has 5 rings (SSSR count). The first-order chi connectivity index (χ1) is 15.3. The molecule has 1 saturated heterocycles. The van der Waals surface area contributed by atoms with Crippen molar-refractivity contribution >= 4 is 29.8 Å². The third-order valence-corrected chi connectivity index (χ3v) is 6.77. The fraction of sp³-hybridized carbons (Fsp3) is 0.346. The quantitative estimate of drug-likeness (QED) is 0.494. The van der Waals surface area contributed by atoms with Crippen LogP contribution < -0.4 is 9.64 Å². The van der Waals surface area contributed by atoms with Gasteiger partial charge in [-0.3, -0.25) is 4.90 Å². The SMILES string of the molecule is Cl.Clc1ccc(CC2COc3ccccc3CN2C2CCN(c3ccccn3)CC2)cc1. The number of aromatic nitrogens is 1. The molecule has 0 saturated carbocycles. The van der Waals surface area contributed by atoms with Gasteiger partial charge in [-0.2, -0.15) is 0 Å². The van der Waals surface area contributed by atoms with Crippen LogP contribution in [-0.2, 0) is 13.0 Å². The van der Waals surface area contributed by atoms with Gasteiger partial charge in [0.05, 0.1) is 0 Å². The van der Waals surface area contributed by atoms with Crippen molar-refractivity contribution < 1.29 is 4.74 Å². The maximum atomic E-state index is 6.28. The van der Waals surface area contributed by atoms with E-state index in [1.165, 1.54) is 11.1 Å². The summed E-state index contributed by atoms with van der Waals surface area (Å²) >= 11 is 6.11. The largest absolute Gasteiger partial charge is 0.492 e. The highest BCUT2D eigenvalue weighted by Gasteiger charge is 2.33. The van der Waals surface area contributed by atoms with Crippen LogP contribution in [0.15, 0.2) is 72.9 Å². The van der Waals surface area contributed by atoms with Crippen LogP contribution in [0.5, 0.6) is 5.75 Å². The molecule has 1 unspecified atom stereocenters. The van der Waals surface area contributed by atoms with Crippen molar-refractivity contribution in [1.82, 2.24) is 9.88 Å². The maximum absolute atomic E-state index is 6.28. The van der Waals surface area contributed by atoms with Crippen LogP contribution in [0.2, 0.25) is 5.02 Å². The minimum absolute atomic E-state index is 0. The topological polar surface area (TPSA) is 28.6 Å². The number of halogens is 2. The Morgan fingerprint density at radius 3 is 2.44 bits per heavy atom. The summed E-state index contributed by atoms with van der Waals surface area (Å²) in [6.07, 6.45) is 5.12. The van der Waals surface area contributed by atoms with Gasteiger partial charge < -0.3 is 9.64 Å². The summed E-state index contributed by atoms with van der Waals surface area (Å²) in [5, 5.41) is 0.784. The van der Waals surface area contributed by atoms with E-state index in [1.54, 1.807) is 0 Å². The Hall–Kier alpha value is -2.27. The Morgan fingerprint density at radius 1 is 0.938 bits per heavy atom. The molecule has 32 heavy (non-hydrogen) atoms. The summed E-state index contributed by atoms with van der Waals surface area (Å²) < 4.78 is 6.28. The molecular weight excluding hydrogens is 441 g/mol. The van der Waals surface area contributed by atoms with Gasteiger partial charge in [0.1, 0.15) is 18.2 Å². The zero-order valence-electron chi connectivity index (χ0n) is 18.1.